The highest BCUT2D eigenvalue weighted by Crippen LogP contribution is 2.10. The number of carbonyl (C=O) groups is 1. The van der Waals surface area contributed by atoms with Crippen LogP contribution in [0.3, 0.4) is 0 Å². The second-order valence-corrected chi connectivity index (χ2v) is 3.71. The summed E-state index contributed by atoms with van der Waals surface area (Å²) in [5.74, 6) is -0.299. The fourth-order valence-corrected chi connectivity index (χ4v) is 1.53. The van der Waals surface area contributed by atoms with Crippen LogP contribution in [0.1, 0.15) is 44.9 Å². The number of nitrogens with zero attached hydrogens (tertiary/aromatic N) is 1. The first-order valence-corrected chi connectivity index (χ1v) is 5.73. The van der Waals surface area contributed by atoms with Crippen LogP contribution >= 0.6 is 0 Å². The first-order chi connectivity index (χ1) is 7.76. The van der Waals surface area contributed by atoms with Gasteiger partial charge >= 0.3 is 5.97 Å². The minimum absolute atomic E-state index is 0.299. The summed E-state index contributed by atoms with van der Waals surface area (Å²) in [7, 11) is 2.89. The Bertz CT molecular complexity index is 223. The summed E-state index contributed by atoms with van der Waals surface area (Å²) in [5.41, 5.74) is 0. The molecule has 0 aromatic carbocycles. The van der Waals surface area contributed by atoms with E-state index < -0.39 is 6.10 Å². The monoisotopic (exact) mass is 227 g/mol. The van der Waals surface area contributed by atoms with Crippen LogP contribution in [-0.2, 0) is 14.3 Å². The largest absolute Gasteiger partial charge is 0.467 e. The van der Waals surface area contributed by atoms with Gasteiger partial charge in [0.05, 0.1) is 13.2 Å². The standard InChI is InChI=1S/C12H21NO3/c1-15-11(12(14)16-2)9-7-5-3-4-6-8-10-13/h11H,3-9H2,1-2H3/t11-/m0/s1. The summed E-state index contributed by atoms with van der Waals surface area (Å²) in [4.78, 5) is 11.2. The summed E-state index contributed by atoms with van der Waals surface area (Å²) < 4.78 is 9.64. The molecule has 0 saturated heterocycles. The lowest BCUT2D eigenvalue weighted by Gasteiger charge is -2.12. The molecule has 0 aromatic heterocycles. The number of esters is 1. The Morgan fingerprint density at radius 2 is 1.81 bits per heavy atom. The van der Waals surface area contributed by atoms with Crippen molar-refractivity contribution in [1.29, 1.82) is 5.26 Å². The molecule has 0 saturated carbocycles. The van der Waals surface area contributed by atoms with Crippen molar-refractivity contribution in [3.63, 3.8) is 0 Å². The van der Waals surface area contributed by atoms with Crippen LogP contribution in [0.25, 0.3) is 0 Å². The lowest BCUT2D eigenvalue weighted by Crippen LogP contribution is -2.24. The van der Waals surface area contributed by atoms with Crippen LogP contribution in [0.2, 0.25) is 0 Å². The van der Waals surface area contributed by atoms with Crippen LogP contribution < -0.4 is 0 Å². The zero-order valence-corrected chi connectivity index (χ0v) is 10.2. The predicted octanol–water partition coefficient (Wildman–Crippen LogP) is 2.43. The van der Waals surface area contributed by atoms with E-state index in [9.17, 15) is 4.79 Å². The second-order valence-electron chi connectivity index (χ2n) is 3.71. The molecule has 4 heteroatoms. The zero-order chi connectivity index (χ0) is 12.2. The predicted molar refractivity (Wildman–Crippen MR) is 60.7 cm³/mol. The average molecular weight is 227 g/mol. The van der Waals surface area contributed by atoms with Gasteiger partial charge in [-0.15, -0.1) is 0 Å². The number of hydrogen-bond donors (Lipinski definition) is 0. The Kier molecular flexibility index (Phi) is 9.73. The van der Waals surface area contributed by atoms with Gasteiger partial charge in [-0.1, -0.05) is 25.7 Å². The van der Waals surface area contributed by atoms with E-state index in [1.54, 1.807) is 0 Å². The van der Waals surface area contributed by atoms with Gasteiger partial charge in [0.15, 0.2) is 6.10 Å². The summed E-state index contributed by atoms with van der Waals surface area (Å²) in [6.07, 6.45) is 6.13. The van der Waals surface area contributed by atoms with Crippen molar-refractivity contribution in [3.8, 4) is 6.07 Å². The summed E-state index contributed by atoms with van der Waals surface area (Å²) in [5, 5.41) is 8.34. The van der Waals surface area contributed by atoms with E-state index in [-0.39, 0.29) is 5.97 Å². The summed E-state index contributed by atoms with van der Waals surface area (Å²) >= 11 is 0. The SMILES string of the molecule is COC(=O)[C@H](CCCCCCCC#N)OC. The summed E-state index contributed by atoms with van der Waals surface area (Å²) in [6, 6.07) is 2.13. The number of hydrogen-bond acceptors (Lipinski definition) is 4. The minimum Gasteiger partial charge on any atom is -0.467 e. The maximum absolute atomic E-state index is 11.2. The number of ether oxygens (including phenoxy) is 2. The molecule has 16 heavy (non-hydrogen) atoms. The molecule has 0 radical (unpaired) electrons. The van der Waals surface area contributed by atoms with Gasteiger partial charge in [0.2, 0.25) is 0 Å². The fourth-order valence-electron chi connectivity index (χ4n) is 1.53. The van der Waals surface area contributed by atoms with E-state index in [0.717, 1.165) is 32.1 Å². The second kappa shape index (κ2) is 10.4. The van der Waals surface area contributed by atoms with Crippen LogP contribution in [-0.4, -0.2) is 26.3 Å². The van der Waals surface area contributed by atoms with Gasteiger partial charge < -0.3 is 9.47 Å². The molecule has 92 valence electrons. The first kappa shape index (κ1) is 14.9. The Hall–Kier alpha value is -1.08. The fraction of sp³-hybridized carbons (Fsp3) is 0.833. The quantitative estimate of drug-likeness (QED) is 0.448. The van der Waals surface area contributed by atoms with Crippen LogP contribution in [0.4, 0.5) is 0 Å². The maximum atomic E-state index is 11.2. The lowest BCUT2D eigenvalue weighted by molar-refractivity contribution is -0.152. The van der Waals surface area contributed by atoms with E-state index in [1.165, 1.54) is 14.2 Å². The van der Waals surface area contributed by atoms with Gasteiger partial charge in [-0.05, 0) is 12.8 Å². The molecule has 0 spiro atoms. The topological polar surface area (TPSA) is 59.3 Å². The number of methoxy groups -OCH3 is 2. The van der Waals surface area contributed by atoms with Gasteiger partial charge in [0.1, 0.15) is 0 Å². The third-order valence-corrected chi connectivity index (χ3v) is 2.50. The molecule has 0 amide bonds. The molecule has 0 aliphatic carbocycles. The van der Waals surface area contributed by atoms with Crippen molar-refractivity contribution in [2.45, 2.75) is 51.0 Å². The molecule has 0 aliphatic rings. The molecule has 1 atom stereocenters. The molecule has 4 nitrogen and oxygen atoms in total. The van der Waals surface area contributed by atoms with Gasteiger partial charge in [0, 0.05) is 13.5 Å². The van der Waals surface area contributed by atoms with Crippen molar-refractivity contribution in [2.75, 3.05) is 14.2 Å². The highest BCUT2D eigenvalue weighted by atomic mass is 16.6. The van der Waals surface area contributed by atoms with Crippen molar-refractivity contribution in [2.24, 2.45) is 0 Å². The Balaban J connectivity index is 3.42. The molecule has 0 aromatic rings. The molecule has 0 unspecified atom stereocenters. The smallest absolute Gasteiger partial charge is 0.334 e. The number of unbranched alkanes of at least 4 members (excludes halogenated alkanes) is 5. The molecule has 0 N–H and O–H groups in total. The highest BCUT2D eigenvalue weighted by Gasteiger charge is 2.16. The molecular formula is C12H21NO3. The van der Waals surface area contributed by atoms with Gasteiger partial charge in [0.25, 0.3) is 0 Å². The molecule has 0 heterocycles. The normalized spacial score (nSPS) is 11.8. The van der Waals surface area contributed by atoms with Gasteiger partial charge in [-0.25, -0.2) is 4.79 Å². The van der Waals surface area contributed by atoms with E-state index in [1.807, 2.05) is 0 Å². The number of nitriles is 1. The molecule has 0 aliphatic heterocycles. The Morgan fingerprint density at radius 1 is 1.19 bits per heavy atom. The van der Waals surface area contributed by atoms with E-state index in [4.69, 9.17) is 10.00 Å². The van der Waals surface area contributed by atoms with Gasteiger partial charge in [-0.2, -0.15) is 5.26 Å². The van der Waals surface area contributed by atoms with Crippen LogP contribution in [0.5, 0.6) is 0 Å². The van der Waals surface area contributed by atoms with Crippen molar-refractivity contribution >= 4 is 5.97 Å². The maximum Gasteiger partial charge on any atom is 0.334 e. The van der Waals surface area contributed by atoms with E-state index in [2.05, 4.69) is 10.8 Å². The van der Waals surface area contributed by atoms with E-state index >= 15 is 0 Å². The zero-order valence-electron chi connectivity index (χ0n) is 10.2. The lowest BCUT2D eigenvalue weighted by atomic mass is 10.1. The highest BCUT2D eigenvalue weighted by molar-refractivity contribution is 5.74. The third-order valence-electron chi connectivity index (χ3n) is 2.50. The van der Waals surface area contributed by atoms with Crippen molar-refractivity contribution < 1.29 is 14.3 Å². The minimum atomic E-state index is -0.427. The van der Waals surface area contributed by atoms with Gasteiger partial charge in [-0.3, -0.25) is 0 Å². The Morgan fingerprint density at radius 3 is 2.38 bits per heavy atom. The molecule has 0 bridgehead atoms. The average Bonchev–Trinajstić information content (AvgIpc) is 2.32. The van der Waals surface area contributed by atoms with Crippen LogP contribution in [0, 0.1) is 11.3 Å². The summed E-state index contributed by atoms with van der Waals surface area (Å²) in [6.45, 7) is 0. The Labute approximate surface area is 97.5 Å². The van der Waals surface area contributed by atoms with Crippen molar-refractivity contribution in [3.05, 3.63) is 0 Å². The van der Waals surface area contributed by atoms with E-state index in [0.29, 0.717) is 12.8 Å². The number of carbonyl (C=O) groups excluding carboxylic acids is 1. The van der Waals surface area contributed by atoms with Crippen molar-refractivity contribution in [1.82, 2.24) is 0 Å². The number of rotatable bonds is 9. The molecule has 0 rings (SSSR count). The first-order valence-electron chi connectivity index (χ1n) is 5.73. The third kappa shape index (κ3) is 7.24. The molecular weight excluding hydrogens is 206 g/mol. The van der Waals surface area contributed by atoms with Crippen LogP contribution in [0.15, 0.2) is 0 Å². The molecule has 0 fully saturated rings.